The minimum absolute atomic E-state index is 0.204. The van der Waals surface area contributed by atoms with Crippen LogP contribution in [0.1, 0.15) is 23.3 Å². The number of para-hydroxylation sites is 2. The number of imidazole rings is 1. The van der Waals surface area contributed by atoms with Crippen molar-refractivity contribution < 1.29 is 4.79 Å². The van der Waals surface area contributed by atoms with Crippen LogP contribution in [0, 0.1) is 0 Å². The number of likely N-dealkylation sites (tertiary alicyclic amines) is 1. The Hall–Kier alpha value is -2.18. The largest absolute Gasteiger partial charge is 0.341 e. The molecule has 1 fully saturated rings. The van der Waals surface area contributed by atoms with Gasteiger partial charge in [0.05, 0.1) is 17.4 Å². The van der Waals surface area contributed by atoms with Crippen LogP contribution in [0.25, 0.3) is 11.0 Å². The van der Waals surface area contributed by atoms with Crippen molar-refractivity contribution in [3.63, 3.8) is 0 Å². The van der Waals surface area contributed by atoms with Crippen molar-refractivity contribution in [1.29, 1.82) is 0 Å². The maximum absolute atomic E-state index is 12.8. The number of hydrogen-bond acceptors (Lipinski definition) is 4. The topological polar surface area (TPSA) is 41.4 Å². The predicted octanol–water partition coefficient (Wildman–Crippen LogP) is 3.15. The Balaban J connectivity index is 1.19. The van der Waals surface area contributed by atoms with Crippen LogP contribution in [-0.4, -0.2) is 50.9 Å². The van der Waals surface area contributed by atoms with Crippen molar-refractivity contribution in [2.24, 2.45) is 0 Å². The third-order valence-electron chi connectivity index (χ3n) is 6.00. The molecule has 1 aromatic carbocycles. The van der Waals surface area contributed by atoms with Gasteiger partial charge in [0.25, 0.3) is 0 Å². The van der Waals surface area contributed by atoms with Gasteiger partial charge in [-0.15, -0.1) is 11.3 Å². The van der Waals surface area contributed by atoms with Gasteiger partial charge in [0, 0.05) is 37.1 Å². The lowest BCUT2D eigenvalue weighted by Gasteiger charge is -2.40. The molecule has 6 heteroatoms. The van der Waals surface area contributed by atoms with Gasteiger partial charge in [-0.2, -0.15) is 0 Å². The Morgan fingerprint density at radius 3 is 2.89 bits per heavy atom. The molecule has 0 aliphatic carbocycles. The van der Waals surface area contributed by atoms with E-state index in [0.29, 0.717) is 12.6 Å². The standard InChI is InChI=1S/C21H24N4OS/c26-21(14-25-15-22-18-3-1-2-4-19(18)25)23-9-5-17(6-10-23)24-11-7-20-16(13-24)8-12-27-20/h1-4,8,12,15,17H,5-7,9-11,13-14H2. The molecule has 0 bridgehead atoms. The van der Waals surface area contributed by atoms with Gasteiger partial charge in [-0.1, -0.05) is 12.1 Å². The van der Waals surface area contributed by atoms with E-state index in [4.69, 9.17) is 0 Å². The van der Waals surface area contributed by atoms with Gasteiger partial charge in [0.15, 0.2) is 0 Å². The molecule has 0 unspecified atom stereocenters. The Morgan fingerprint density at radius 1 is 1.15 bits per heavy atom. The summed E-state index contributed by atoms with van der Waals surface area (Å²) < 4.78 is 1.96. The van der Waals surface area contributed by atoms with E-state index < -0.39 is 0 Å². The molecular formula is C21H24N4OS. The lowest BCUT2D eigenvalue weighted by atomic mass is 9.99. The summed E-state index contributed by atoms with van der Waals surface area (Å²) in [4.78, 5) is 23.4. The van der Waals surface area contributed by atoms with E-state index in [-0.39, 0.29) is 5.91 Å². The number of carbonyl (C=O) groups is 1. The third kappa shape index (κ3) is 3.28. The summed E-state index contributed by atoms with van der Waals surface area (Å²) in [6.45, 7) is 4.35. The number of hydrogen-bond donors (Lipinski definition) is 0. The van der Waals surface area contributed by atoms with E-state index in [0.717, 1.165) is 50.1 Å². The minimum atomic E-state index is 0.204. The lowest BCUT2D eigenvalue weighted by Crippen LogP contribution is -2.48. The van der Waals surface area contributed by atoms with Crippen LogP contribution in [0.3, 0.4) is 0 Å². The van der Waals surface area contributed by atoms with Crippen molar-refractivity contribution in [2.75, 3.05) is 19.6 Å². The highest BCUT2D eigenvalue weighted by molar-refractivity contribution is 7.10. The maximum Gasteiger partial charge on any atom is 0.242 e. The molecule has 0 radical (unpaired) electrons. The highest BCUT2D eigenvalue weighted by Crippen LogP contribution is 2.28. The number of carbonyl (C=O) groups excluding carboxylic acids is 1. The van der Waals surface area contributed by atoms with E-state index in [1.54, 1.807) is 11.2 Å². The first kappa shape index (κ1) is 17.0. The van der Waals surface area contributed by atoms with Gasteiger partial charge < -0.3 is 9.47 Å². The summed E-state index contributed by atoms with van der Waals surface area (Å²) in [5.41, 5.74) is 3.49. The summed E-state index contributed by atoms with van der Waals surface area (Å²) in [7, 11) is 0. The number of thiophene rings is 1. The van der Waals surface area contributed by atoms with Gasteiger partial charge in [0.1, 0.15) is 6.54 Å². The van der Waals surface area contributed by atoms with Crippen molar-refractivity contribution >= 4 is 28.3 Å². The fourth-order valence-corrected chi connectivity index (χ4v) is 5.33. The van der Waals surface area contributed by atoms with Crippen LogP contribution < -0.4 is 0 Å². The van der Waals surface area contributed by atoms with E-state index >= 15 is 0 Å². The second-order valence-electron chi connectivity index (χ2n) is 7.56. The number of piperidine rings is 1. The summed E-state index contributed by atoms with van der Waals surface area (Å²) >= 11 is 1.89. The van der Waals surface area contributed by atoms with Crippen LogP contribution in [0.5, 0.6) is 0 Å². The zero-order chi connectivity index (χ0) is 18.2. The number of benzene rings is 1. The molecular weight excluding hydrogens is 356 g/mol. The molecule has 1 amide bonds. The summed E-state index contributed by atoms with van der Waals surface area (Å²) in [6.07, 6.45) is 5.12. The maximum atomic E-state index is 12.8. The summed E-state index contributed by atoms with van der Waals surface area (Å²) in [6, 6.07) is 10.9. The molecule has 5 nitrogen and oxygen atoms in total. The smallest absolute Gasteiger partial charge is 0.242 e. The molecule has 2 aliphatic rings. The Bertz CT molecular complexity index is 954. The van der Waals surface area contributed by atoms with Crippen LogP contribution in [0.4, 0.5) is 0 Å². The summed E-state index contributed by atoms with van der Waals surface area (Å²) in [5, 5.41) is 2.22. The minimum Gasteiger partial charge on any atom is -0.341 e. The molecule has 3 aromatic rings. The molecule has 0 spiro atoms. The molecule has 0 N–H and O–H groups in total. The Labute approximate surface area is 163 Å². The molecule has 4 heterocycles. The van der Waals surface area contributed by atoms with Gasteiger partial charge in [-0.3, -0.25) is 9.69 Å². The van der Waals surface area contributed by atoms with E-state index in [2.05, 4.69) is 21.3 Å². The van der Waals surface area contributed by atoms with E-state index in [1.807, 2.05) is 45.1 Å². The predicted molar refractivity (Wildman–Crippen MR) is 108 cm³/mol. The second kappa shape index (κ2) is 7.09. The van der Waals surface area contributed by atoms with Gasteiger partial charge >= 0.3 is 0 Å². The molecule has 1 saturated heterocycles. The van der Waals surface area contributed by atoms with Crippen LogP contribution in [0.2, 0.25) is 0 Å². The lowest BCUT2D eigenvalue weighted by molar-refractivity contribution is -0.133. The molecule has 2 aliphatic heterocycles. The molecule has 0 atom stereocenters. The number of rotatable bonds is 3. The normalized spacial score (nSPS) is 18.7. The molecule has 27 heavy (non-hydrogen) atoms. The first-order valence-electron chi connectivity index (χ1n) is 9.75. The zero-order valence-electron chi connectivity index (χ0n) is 15.4. The van der Waals surface area contributed by atoms with Crippen LogP contribution >= 0.6 is 11.3 Å². The van der Waals surface area contributed by atoms with Crippen molar-refractivity contribution in [2.45, 2.75) is 38.4 Å². The van der Waals surface area contributed by atoms with E-state index in [1.165, 1.54) is 12.0 Å². The van der Waals surface area contributed by atoms with Crippen LogP contribution in [-0.2, 0) is 24.3 Å². The first-order valence-corrected chi connectivity index (χ1v) is 10.6. The number of nitrogens with zero attached hydrogens (tertiary/aromatic N) is 4. The summed E-state index contributed by atoms with van der Waals surface area (Å²) in [5.74, 6) is 0.204. The van der Waals surface area contributed by atoms with Crippen molar-refractivity contribution in [3.05, 3.63) is 52.5 Å². The molecule has 0 saturated carbocycles. The highest BCUT2D eigenvalue weighted by Gasteiger charge is 2.29. The van der Waals surface area contributed by atoms with Gasteiger partial charge in [0.2, 0.25) is 5.91 Å². The third-order valence-corrected chi connectivity index (χ3v) is 7.03. The number of fused-ring (bicyclic) bond motifs is 2. The molecule has 2 aromatic heterocycles. The van der Waals surface area contributed by atoms with Gasteiger partial charge in [-0.05, 0) is 48.4 Å². The van der Waals surface area contributed by atoms with Crippen molar-refractivity contribution in [1.82, 2.24) is 19.4 Å². The number of amides is 1. The Kier molecular flexibility index (Phi) is 4.45. The zero-order valence-corrected chi connectivity index (χ0v) is 16.2. The molecule has 5 rings (SSSR count). The SMILES string of the molecule is O=C(Cn1cnc2ccccc21)N1CCC(N2CCc3sccc3C2)CC1. The van der Waals surface area contributed by atoms with Crippen molar-refractivity contribution in [3.8, 4) is 0 Å². The quantitative estimate of drug-likeness (QED) is 0.701. The second-order valence-corrected chi connectivity index (χ2v) is 8.56. The number of aromatic nitrogens is 2. The highest BCUT2D eigenvalue weighted by atomic mass is 32.1. The first-order chi connectivity index (χ1) is 13.3. The van der Waals surface area contributed by atoms with E-state index in [9.17, 15) is 4.79 Å². The fraction of sp³-hybridized carbons (Fsp3) is 0.429. The average molecular weight is 381 g/mol. The van der Waals surface area contributed by atoms with Crippen LogP contribution in [0.15, 0.2) is 42.0 Å². The fourth-order valence-electron chi connectivity index (χ4n) is 4.44. The molecule has 140 valence electrons. The van der Waals surface area contributed by atoms with Gasteiger partial charge in [-0.25, -0.2) is 4.98 Å². The monoisotopic (exact) mass is 380 g/mol. The Morgan fingerprint density at radius 2 is 2.00 bits per heavy atom. The average Bonchev–Trinajstić information content (AvgIpc) is 3.35.